The summed E-state index contributed by atoms with van der Waals surface area (Å²) in [5.41, 5.74) is 7.31. The molecule has 2 heterocycles. The van der Waals surface area contributed by atoms with E-state index in [9.17, 15) is 4.79 Å². The Morgan fingerprint density at radius 1 is 1.22 bits per heavy atom. The second kappa shape index (κ2) is 7.16. The van der Waals surface area contributed by atoms with Gasteiger partial charge in [0.25, 0.3) is 0 Å². The predicted octanol–water partition coefficient (Wildman–Crippen LogP) is 2.31. The maximum Gasteiger partial charge on any atom is 0.236 e. The van der Waals surface area contributed by atoms with E-state index in [1.54, 1.807) is 0 Å². The van der Waals surface area contributed by atoms with E-state index < -0.39 is 0 Å². The van der Waals surface area contributed by atoms with Crippen LogP contribution in [0, 0.1) is 0 Å². The van der Waals surface area contributed by atoms with Gasteiger partial charge in [-0.05, 0) is 0 Å². The van der Waals surface area contributed by atoms with Gasteiger partial charge >= 0.3 is 0 Å². The molecule has 1 aromatic carbocycles. The standard InChI is InChI=1S/C14H12N6OS2/c15-12-16-8-17-13(20-12)23-7-11(21)19-14-18-10(6-22-14)9-4-2-1-3-5-9/h1-6,8H,7H2,(H,18,19,21)(H2,15,16,17,20). The lowest BCUT2D eigenvalue weighted by Crippen LogP contribution is -2.14. The number of carbonyl (C=O) groups is 1. The highest BCUT2D eigenvalue weighted by atomic mass is 32.2. The normalized spacial score (nSPS) is 10.4. The molecule has 0 radical (unpaired) electrons. The summed E-state index contributed by atoms with van der Waals surface area (Å²) in [6.45, 7) is 0. The van der Waals surface area contributed by atoms with E-state index in [1.807, 2.05) is 35.7 Å². The summed E-state index contributed by atoms with van der Waals surface area (Å²) < 4.78 is 0. The molecule has 0 fully saturated rings. The number of carbonyl (C=O) groups excluding carboxylic acids is 1. The SMILES string of the molecule is Nc1ncnc(SCC(=O)Nc2nc(-c3ccccc3)cs2)n1. The van der Waals surface area contributed by atoms with Crippen molar-refractivity contribution in [3.8, 4) is 11.3 Å². The van der Waals surface area contributed by atoms with Gasteiger partial charge in [-0.15, -0.1) is 11.3 Å². The highest BCUT2D eigenvalue weighted by Crippen LogP contribution is 2.24. The average Bonchev–Trinajstić information content (AvgIpc) is 3.02. The fraction of sp³-hybridized carbons (Fsp3) is 0.0714. The van der Waals surface area contributed by atoms with E-state index >= 15 is 0 Å². The molecule has 0 bridgehead atoms. The first kappa shape index (κ1) is 15.4. The third-order valence-electron chi connectivity index (χ3n) is 2.72. The number of nitrogens with two attached hydrogens (primary N) is 1. The number of aromatic nitrogens is 4. The van der Waals surface area contributed by atoms with Crippen LogP contribution < -0.4 is 11.1 Å². The summed E-state index contributed by atoms with van der Waals surface area (Å²) in [5.74, 6) is 0.127. The van der Waals surface area contributed by atoms with Crippen LogP contribution in [0.3, 0.4) is 0 Å². The lowest BCUT2D eigenvalue weighted by atomic mass is 10.2. The van der Waals surface area contributed by atoms with Crippen molar-refractivity contribution in [2.75, 3.05) is 16.8 Å². The fourth-order valence-corrected chi connectivity index (χ4v) is 3.07. The van der Waals surface area contributed by atoms with Crippen LogP contribution >= 0.6 is 23.1 Å². The molecule has 0 aliphatic rings. The zero-order valence-electron chi connectivity index (χ0n) is 11.8. The Balaban J connectivity index is 1.57. The molecule has 0 aliphatic carbocycles. The molecule has 7 nitrogen and oxygen atoms in total. The van der Waals surface area contributed by atoms with Crippen LogP contribution in [0.15, 0.2) is 47.2 Å². The third-order valence-corrected chi connectivity index (χ3v) is 4.34. The fourth-order valence-electron chi connectivity index (χ4n) is 1.72. The first-order chi connectivity index (χ1) is 11.2. The van der Waals surface area contributed by atoms with Crippen molar-refractivity contribution in [3.05, 3.63) is 42.0 Å². The van der Waals surface area contributed by atoms with E-state index in [4.69, 9.17) is 5.73 Å². The predicted molar refractivity (Wildman–Crippen MR) is 91.1 cm³/mol. The van der Waals surface area contributed by atoms with Crippen molar-refractivity contribution < 1.29 is 4.79 Å². The van der Waals surface area contributed by atoms with Gasteiger partial charge in [0.2, 0.25) is 11.9 Å². The van der Waals surface area contributed by atoms with Crippen LogP contribution in [-0.4, -0.2) is 31.6 Å². The largest absolute Gasteiger partial charge is 0.368 e. The van der Waals surface area contributed by atoms with Crippen molar-refractivity contribution in [2.24, 2.45) is 0 Å². The number of thiazole rings is 1. The molecule has 2 aromatic heterocycles. The summed E-state index contributed by atoms with van der Waals surface area (Å²) in [4.78, 5) is 27.9. The van der Waals surface area contributed by atoms with Crippen LogP contribution in [0.1, 0.15) is 0 Å². The molecule has 0 spiro atoms. The molecule has 0 aliphatic heterocycles. The Labute approximate surface area is 140 Å². The smallest absolute Gasteiger partial charge is 0.236 e. The van der Waals surface area contributed by atoms with Crippen molar-refractivity contribution in [1.82, 2.24) is 19.9 Å². The average molecular weight is 344 g/mol. The van der Waals surface area contributed by atoms with E-state index in [-0.39, 0.29) is 17.6 Å². The minimum atomic E-state index is -0.178. The molecule has 0 atom stereocenters. The summed E-state index contributed by atoms with van der Waals surface area (Å²) in [6, 6.07) is 9.79. The number of thioether (sulfide) groups is 1. The van der Waals surface area contributed by atoms with Gasteiger partial charge < -0.3 is 11.1 Å². The molecule has 0 saturated carbocycles. The number of nitrogen functional groups attached to an aromatic ring is 1. The molecule has 23 heavy (non-hydrogen) atoms. The first-order valence-electron chi connectivity index (χ1n) is 6.59. The van der Waals surface area contributed by atoms with E-state index in [0.717, 1.165) is 11.3 Å². The highest BCUT2D eigenvalue weighted by Gasteiger charge is 2.09. The number of anilines is 2. The van der Waals surface area contributed by atoms with Crippen molar-refractivity contribution in [3.63, 3.8) is 0 Å². The maximum atomic E-state index is 11.9. The number of benzene rings is 1. The molecular formula is C14H12N6OS2. The molecule has 9 heteroatoms. The summed E-state index contributed by atoms with van der Waals surface area (Å²) in [6.07, 6.45) is 1.32. The van der Waals surface area contributed by atoms with Crippen LogP contribution in [0.4, 0.5) is 11.1 Å². The maximum absolute atomic E-state index is 11.9. The van der Waals surface area contributed by atoms with Gasteiger partial charge in [0.05, 0.1) is 11.4 Å². The summed E-state index contributed by atoms with van der Waals surface area (Å²) in [5, 5.41) is 5.64. The minimum Gasteiger partial charge on any atom is -0.368 e. The minimum absolute atomic E-state index is 0.135. The van der Waals surface area contributed by atoms with Gasteiger partial charge in [0.15, 0.2) is 10.3 Å². The van der Waals surface area contributed by atoms with Crippen molar-refractivity contribution in [2.45, 2.75) is 5.16 Å². The number of nitrogens with one attached hydrogen (secondary N) is 1. The van der Waals surface area contributed by atoms with Crippen LogP contribution in [0.5, 0.6) is 0 Å². The molecular weight excluding hydrogens is 332 g/mol. The molecule has 3 aromatic rings. The number of amides is 1. The second-order valence-electron chi connectivity index (χ2n) is 4.37. The number of rotatable bonds is 5. The highest BCUT2D eigenvalue weighted by molar-refractivity contribution is 7.99. The molecule has 3 rings (SSSR count). The van der Waals surface area contributed by atoms with Crippen molar-refractivity contribution >= 4 is 40.1 Å². The lowest BCUT2D eigenvalue weighted by molar-refractivity contribution is -0.113. The zero-order valence-corrected chi connectivity index (χ0v) is 13.5. The molecule has 3 N–H and O–H groups in total. The topological polar surface area (TPSA) is 107 Å². The van der Waals surface area contributed by atoms with Gasteiger partial charge in [-0.3, -0.25) is 4.79 Å². The first-order valence-corrected chi connectivity index (χ1v) is 8.45. The molecule has 1 amide bonds. The Morgan fingerprint density at radius 3 is 2.83 bits per heavy atom. The quantitative estimate of drug-likeness (QED) is 0.684. The second-order valence-corrected chi connectivity index (χ2v) is 6.17. The molecule has 0 unspecified atom stereocenters. The van der Waals surface area contributed by atoms with Crippen LogP contribution in [0.25, 0.3) is 11.3 Å². The number of nitrogens with zero attached hydrogens (tertiary/aromatic N) is 4. The van der Waals surface area contributed by atoms with Gasteiger partial charge in [0, 0.05) is 10.9 Å². The zero-order chi connectivity index (χ0) is 16.1. The Morgan fingerprint density at radius 2 is 2.04 bits per heavy atom. The van der Waals surface area contributed by atoms with Crippen molar-refractivity contribution in [1.29, 1.82) is 0 Å². The molecule has 0 saturated heterocycles. The lowest BCUT2D eigenvalue weighted by Gasteiger charge is -2.01. The molecule has 116 valence electrons. The monoisotopic (exact) mass is 344 g/mol. The number of hydrogen-bond acceptors (Lipinski definition) is 8. The summed E-state index contributed by atoms with van der Waals surface area (Å²) in [7, 11) is 0. The Kier molecular flexibility index (Phi) is 4.79. The van der Waals surface area contributed by atoms with E-state index in [0.29, 0.717) is 10.3 Å². The third kappa shape index (κ3) is 4.24. The van der Waals surface area contributed by atoms with Gasteiger partial charge in [0.1, 0.15) is 6.33 Å². The Hall–Kier alpha value is -2.52. The van der Waals surface area contributed by atoms with Crippen LogP contribution in [0.2, 0.25) is 0 Å². The van der Waals surface area contributed by atoms with E-state index in [2.05, 4.69) is 25.3 Å². The number of hydrogen-bond donors (Lipinski definition) is 2. The Bertz CT molecular complexity index is 808. The van der Waals surface area contributed by atoms with Crippen LogP contribution in [-0.2, 0) is 4.79 Å². The van der Waals surface area contributed by atoms with Gasteiger partial charge in [-0.1, -0.05) is 42.1 Å². The summed E-state index contributed by atoms with van der Waals surface area (Å²) >= 11 is 2.57. The van der Waals surface area contributed by atoms with Gasteiger partial charge in [-0.25, -0.2) is 15.0 Å². The van der Waals surface area contributed by atoms with Gasteiger partial charge in [-0.2, -0.15) is 4.98 Å². The van der Waals surface area contributed by atoms with E-state index in [1.165, 1.54) is 29.4 Å².